The van der Waals surface area contributed by atoms with Gasteiger partial charge in [-0.2, -0.15) is 0 Å². The van der Waals surface area contributed by atoms with Gasteiger partial charge in [0.25, 0.3) is 4.84 Å². The number of H-pyrrole nitrogens is 1. The predicted molar refractivity (Wildman–Crippen MR) is 142 cm³/mol. The van der Waals surface area contributed by atoms with Crippen molar-refractivity contribution in [3.05, 3.63) is 77.4 Å². The fourth-order valence-electron chi connectivity index (χ4n) is 4.19. The van der Waals surface area contributed by atoms with Crippen LogP contribution in [-0.2, 0) is 6.42 Å². The zero-order valence-corrected chi connectivity index (χ0v) is 20.8. The molecule has 2 aromatic heterocycles. The molecule has 0 saturated heterocycles. The number of anilines is 1. The summed E-state index contributed by atoms with van der Waals surface area (Å²) in [7, 11) is 1.70. The predicted octanol–water partition coefficient (Wildman–Crippen LogP) is 6.07. The van der Waals surface area contributed by atoms with Crippen LogP contribution in [0.4, 0.5) is 5.82 Å². The van der Waals surface area contributed by atoms with Crippen LogP contribution >= 0.6 is 12.2 Å². The van der Waals surface area contributed by atoms with E-state index in [1.165, 1.54) is 16.3 Å². The summed E-state index contributed by atoms with van der Waals surface area (Å²) < 4.78 is 16.5. The Morgan fingerprint density at radius 3 is 2.72 bits per heavy atom. The number of hydrogen-bond donors (Lipinski definition) is 2. The van der Waals surface area contributed by atoms with Crippen LogP contribution in [0.2, 0.25) is 0 Å². The molecule has 8 nitrogen and oxygen atoms in total. The lowest BCUT2D eigenvalue weighted by atomic mass is 10.0. The number of nitrogens with one attached hydrogen (secondary N) is 2. The van der Waals surface area contributed by atoms with E-state index in [0.29, 0.717) is 24.7 Å². The molecule has 0 bridgehead atoms. The Labute approximate surface area is 213 Å². The molecule has 0 aliphatic rings. The Kier molecular flexibility index (Phi) is 6.90. The van der Waals surface area contributed by atoms with E-state index in [1.54, 1.807) is 13.4 Å². The molecule has 0 saturated carbocycles. The first-order valence-electron chi connectivity index (χ1n) is 11.6. The normalized spacial score (nSPS) is 10.9. The van der Waals surface area contributed by atoms with Crippen molar-refractivity contribution in [3.63, 3.8) is 0 Å². The first-order chi connectivity index (χ1) is 17.7. The lowest BCUT2D eigenvalue weighted by molar-refractivity contribution is 0.341. The molecule has 0 spiro atoms. The number of aromatic amines is 1. The van der Waals surface area contributed by atoms with Gasteiger partial charge in [0.1, 0.15) is 23.6 Å². The van der Waals surface area contributed by atoms with Gasteiger partial charge in [-0.25, -0.2) is 9.97 Å². The van der Waals surface area contributed by atoms with Crippen LogP contribution in [0, 0.1) is 4.84 Å². The van der Waals surface area contributed by atoms with Crippen molar-refractivity contribution in [2.24, 2.45) is 0 Å². The minimum Gasteiger partial charge on any atom is -0.496 e. The minimum absolute atomic E-state index is 0.212. The Hall–Kier alpha value is -4.24. The highest BCUT2D eigenvalue weighted by Crippen LogP contribution is 2.33. The van der Waals surface area contributed by atoms with Gasteiger partial charge in [0.05, 0.1) is 25.0 Å². The quantitative estimate of drug-likeness (QED) is 0.236. The third-order valence-corrected chi connectivity index (χ3v) is 6.01. The van der Waals surface area contributed by atoms with Crippen molar-refractivity contribution in [3.8, 4) is 34.1 Å². The van der Waals surface area contributed by atoms with E-state index < -0.39 is 0 Å². The van der Waals surface area contributed by atoms with Crippen LogP contribution in [0.25, 0.3) is 33.4 Å². The largest absolute Gasteiger partial charge is 0.496 e. The van der Waals surface area contributed by atoms with Crippen LogP contribution in [0.3, 0.4) is 0 Å². The molecule has 9 heteroatoms. The van der Waals surface area contributed by atoms with Gasteiger partial charge in [-0.05, 0) is 54.5 Å². The molecular formula is C27H25N5O3S. The summed E-state index contributed by atoms with van der Waals surface area (Å²) in [6.07, 6.45) is 2.34. The van der Waals surface area contributed by atoms with Gasteiger partial charge >= 0.3 is 0 Å². The number of rotatable bonds is 9. The van der Waals surface area contributed by atoms with Gasteiger partial charge in [-0.3, -0.25) is 4.98 Å². The van der Waals surface area contributed by atoms with Crippen molar-refractivity contribution in [2.45, 2.75) is 13.3 Å². The first-order valence-corrected chi connectivity index (χ1v) is 12.0. The third-order valence-electron chi connectivity index (χ3n) is 5.84. The highest BCUT2D eigenvalue weighted by Gasteiger charge is 2.14. The standard InChI is InChI=1S/C27H25N5O3S/c1-3-34-24-14-18(8-10-21(24)26-31-27(36)35-32-26)22-15-25(30-16-29-22)28-13-12-20-19-7-5-4-6-17(19)9-11-23(20)33-2/h4-11,14-16H,3,12-13H2,1-2H3,(H,28,29,30)(H,31,32,36). The van der Waals surface area contributed by atoms with Crippen LogP contribution in [-0.4, -0.2) is 40.4 Å². The molecular weight excluding hydrogens is 474 g/mol. The molecule has 0 amide bonds. The van der Waals surface area contributed by atoms with E-state index in [2.05, 4.69) is 43.6 Å². The fourth-order valence-corrected chi connectivity index (χ4v) is 4.32. The van der Waals surface area contributed by atoms with Gasteiger partial charge in [-0.15, -0.1) is 0 Å². The molecule has 36 heavy (non-hydrogen) atoms. The second-order valence-electron chi connectivity index (χ2n) is 8.02. The molecule has 3 aromatic carbocycles. The highest BCUT2D eigenvalue weighted by molar-refractivity contribution is 7.71. The number of ether oxygens (including phenoxy) is 2. The molecule has 2 N–H and O–H groups in total. The van der Waals surface area contributed by atoms with Crippen LogP contribution in [0.15, 0.2) is 71.5 Å². The summed E-state index contributed by atoms with van der Waals surface area (Å²) in [5.41, 5.74) is 3.60. The lowest BCUT2D eigenvalue weighted by Gasteiger charge is -2.13. The summed E-state index contributed by atoms with van der Waals surface area (Å²) in [5.74, 6) is 2.80. The zero-order valence-electron chi connectivity index (χ0n) is 19.9. The molecule has 0 aliphatic carbocycles. The van der Waals surface area contributed by atoms with Crippen LogP contribution in [0.1, 0.15) is 12.5 Å². The summed E-state index contributed by atoms with van der Waals surface area (Å²) >= 11 is 5.00. The topological polar surface area (TPSA) is 98.1 Å². The van der Waals surface area contributed by atoms with E-state index in [1.807, 2.05) is 49.4 Å². The number of aromatic nitrogens is 4. The van der Waals surface area contributed by atoms with Gasteiger partial charge in [0, 0.05) is 23.7 Å². The van der Waals surface area contributed by atoms with Gasteiger partial charge in [0.2, 0.25) is 0 Å². The number of fused-ring (bicyclic) bond motifs is 1. The van der Waals surface area contributed by atoms with Crippen molar-refractivity contribution in [1.29, 1.82) is 0 Å². The minimum atomic E-state index is 0.212. The second-order valence-corrected chi connectivity index (χ2v) is 8.39. The number of methoxy groups -OCH3 is 1. The van der Waals surface area contributed by atoms with Crippen LogP contribution < -0.4 is 14.8 Å². The van der Waals surface area contributed by atoms with Crippen molar-refractivity contribution in [2.75, 3.05) is 25.6 Å². The van der Waals surface area contributed by atoms with E-state index in [9.17, 15) is 0 Å². The van der Waals surface area contributed by atoms with E-state index >= 15 is 0 Å². The van der Waals surface area contributed by atoms with Crippen molar-refractivity contribution >= 4 is 28.8 Å². The fraction of sp³-hybridized carbons (Fsp3) is 0.185. The summed E-state index contributed by atoms with van der Waals surface area (Å²) in [6.45, 7) is 3.12. The molecule has 0 aliphatic heterocycles. The molecule has 2 heterocycles. The number of hydrogen-bond acceptors (Lipinski definition) is 8. The van der Waals surface area contributed by atoms with Gasteiger partial charge in [-0.1, -0.05) is 41.6 Å². The maximum atomic E-state index is 5.86. The Morgan fingerprint density at radius 1 is 1.03 bits per heavy atom. The maximum absolute atomic E-state index is 5.86. The zero-order chi connectivity index (χ0) is 24.9. The third kappa shape index (κ3) is 4.92. The Morgan fingerprint density at radius 2 is 1.92 bits per heavy atom. The van der Waals surface area contributed by atoms with Crippen LogP contribution in [0.5, 0.6) is 11.5 Å². The average Bonchev–Trinajstić information content (AvgIpc) is 3.35. The van der Waals surface area contributed by atoms with E-state index in [-0.39, 0.29) is 4.84 Å². The molecule has 0 atom stereocenters. The lowest BCUT2D eigenvalue weighted by Crippen LogP contribution is -2.08. The van der Waals surface area contributed by atoms with Crippen molar-refractivity contribution < 1.29 is 14.0 Å². The molecule has 5 aromatic rings. The van der Waals surface area contributed by atoms with E-state index in [0.717, 1.165) is 34.8 Å². The monoisotopic (exact) mass is 499 g/mol. The smallest absolute Gasteiger partial charge is 0.295 e. The SMILES string of the molecule is CCOc1cc(-c2cc(NCCc3c(OC)ccc4ccccc34)ncn2)ccc1-c1noc(=S)[nH]1. The summed E-state index contributed by atoms with van der Waals surface area (Å²) in [5, 5.41) is 9.78. The second kappa shape index (κ2) is 10.6. The van der Waals surface area contributed by atoms with Crippen molar-refractivity contribution in [1.82, 2.24) is 20.1 Å². The average molecular weight is 500 g/mol. The Balaban J connectivity index is 1.36. The molecule has 0 fully saturated rings. The molecule has 182 valence electrons. The number of nitrogens with zero attached hydrogens (tertiary/aromatic N) is 3. The van der Waals surface area contributed by atoms with Gasteiger partial charge in [0.15, 0.2) is 5.82 Å². The summed E-state index contributed by atoms with van der Waals surface area (Å²) in [4.78, 5) is 12.0. The molecule has 0 unspecified atom stereocenters. The molecule has 0 radical (unpaired) electrons. The summed E-state index contributed by atoms with van der Waals surface area (Å²) in [6, 6.07) is 20.2. The molecule has 5 rings (SSSR count). The maximum Gasteiger partial charge on any atom is 0.295 e. The Bertz CT molecular complexity index is 1560. The number of benzene rings is 3. The van der Waals surface area contributed by atoms with Gasteiger partial charge < -0.3 is 19.3 Å². The highest BCUT2D eigenvalue weighted by atomic mass is 32.1. The first kappa shape index (κ1) is 23.5. The van der Waals surface area contributed by atoms with E-state index in [4.69, 9.17) is 26.2 Å².